The van der Waals surface area contributed by atoms with Gasteiger partial charge < -0.3 is 14.8 Å². The Bertz CT molecular complexity index is 864. The van der Waals surface area contributed by atoms with Crippen molar-refractivity contribution in [1.29, 1.82) is 5.26 Å². The number of aliphatic hydroxyl groups is 1. The number of nitrogens with zero attached hydrogens (tertiary/aromatic N) is 3. The van der Waals surface area contributed by atoms with E-state index in [4.69, 9.17) is 15.1 Å². The quantitative estimate of drug-likeness (QED) is 0.769. The second-order valence-electron chi connectivity index (χ2n) is 4.76. The molecule has 2 heterocycles. The van der Waals surface area contributed by atoms with Crippen LogP contribution in [0.2, 0.25) is 0 Å². The monoisotopic (exact) mass is 294 g/mol. The van der Waals surface area contributed by atoms with Crippen LogP contribution in [0.5, 0.6) is 5.88 Å². The van der Waals surface area contributed by atoms with Crippen LogP contribution < -0.4 is 4.74 Å². The first-order chi connectivity index (χ1) is 10.7. The summed E-state index contributed by atoms with van der Waals surface area (Å²) in [7, 11) is 0. The lowest BCUT2D eigenvalue weighted by molar-refractivity contribution is 0.195. The average molecular weight is 294 g/mol. The van der Waals surface area contributed by atoms with Gasteiger partial charge in [0.15, 0.2) is 0 Å². The van der Waals surface area contributed by atoms with Crippen LogP contribution in [0.3, 0.4) is 0 Å². The fourth-order valence-electron chi connectivity index (χ4n) is 2.34. The Labute approximate surface area is 127 Å². The van der Waals surface area contributed by atoms with Crippen molar-refractivity contribution >= 4 is 10.9 Å². The van der Waals surface area contributed by atoms with Crippen LogP contribution in [-0.4, -0.2) is 33.3 Å². The Morgan fingerprint density at radius 2 is 2.27 bits per heavy atom. The molecule has 2 aromatic heterocycles. The number of hydrogen-bond acceptors (Lipinski definition) is 5. The number of H-pyrrole nitrogens is 1. The number of aliphatic hydroxyl groups excluding tert-OH is 1. The summed E-state index contributed by atoms with van der Waals surface area (Å²) in [6.45, 7) is 1.93. The Hall–Kier alpha value is -2.91. The lowest BCUT2D eigenvalue weighted by Crippen LogP contribution is -2.05. The summed E-state index contributed by atoms with van der Waals surface area (Å²) in [4.78, 5) is 11.9. The van der Waals surface area contributed by atoms with Gasteiger partial charge in [0.05, 0.1) is 29.6 Å². The highest BCUT2D eigenvalue weighted by molar-refractivity contribution is 5.97. The van der Waals surface area contributed by atoms with Crippen molar-refractivity contribution in [3.63, 3.8) is 0 Å². The van der Waals surface area contributed by atoms with E-state index in [2.05, 4.69) is 21.0 Å². The van der Waals surface area contributed by atoms with Crippen molar-refractivity contribution in [2.24, 2.45) is 0 Å². The van der Waals surface area contributed by atoms with E-state index >= 15 is 0 Å². The van der Waals surface area contributed by atoms with E-state index in [1.165, 1.54) is 0 Å². The molecule has 3 rings (SSSR count). The maximum absolute atomic E-state index is 9.14. The number of nitrogens with one attached hydrogen (secondary N) is 1. The molecule has 0 unspecified atom stereocenters. The van der Waals surface area contributed by atoms with Gasteiger partial charge in [0.25, 0.3) is 0 Å². The molecular formula is C16H14N4O2. The first kappa shape index (κ1) is 14.0. The number of aromatic nitrogens is 3. The van der Waals surface area contributed by atoms with Crippen molar-refractivity contribution in [2.75, 3.05) is 13.2 Å². The molecule has 0 atom stereocenters. The summed E-state index contributed by atoms with van der Waals surface area (Å²) < 4.78 is 5.31. The lowest BCUT2D eigenvalue weighted by atomic mass is 10.1. The van der Waals surface area contributed by atoms with Crippen LogP contribution in [0.4, 0.5) is 0 Å². The molecule has 6 heteroatoms. The molecule has 0 radical (unpaired) electrons. The van der Waals surface area contributed by atoms with Crippen LogP contribution in [0.25, 0.3) is 22.2 Å². The number of hydrogen-bond donors (Lipinski definition) is 2. The van der Waals surface area contributed by atoms with Crippen LogP contribution in [-0.2, 0) is 0 Å². The normalized spacial score (nSPS) is 10.6. The first-order valence-electron chi connectivity index (χ1n) is 6.82. The summed E-state index contributed by atoms with van der Waals surface area (Å²) in [5, 5.41) is 18.9. The topological polar surface area (TPSA) is 94.8 Å². The van der Waals surface area contributed by atoms with E-state index in [1.807, 2.05) is 18.3 Å². The van der Waals surface area contributed by atoms with Gasteiger partial charge in [-0.15, -0.1) is 0 Å². The maximum Gasteiger partial charge on any atom is 0.235 e. The number of aromatic amines is 1. The molecule has 6 nitrogen and oxygen atoms in total. The van der Waals surface area contributed by atoms with E-state index in [0.717, 1.165) is 16.5 Å². The van der Waals surface area contributed by atoms with Crippen molar-refractivity contribution in [1.82, 2.24) is 15.0 Å². The highest BCUT2D eigenvalue weighted by Gasteiger charge is 2.12. The summed E-state index contributed by atoms with van der Waals surface area (Å²) in [5.41, 5.74) is 3.62. The number of fused-ring (bicyclic) bond motifs is 1. The zero-order valence-corrected chi connectivity index (χ0v) is 12.0. The predicted octanol–water partition coefficient (Wildman–Crippen LogP) is 2.18. The minimum Gasteiger partial charge on any atom is -0.474 e. The lowest BCUT2D eigenvalue weighted by Gasteiger charge is -2.07. The van der Waals surface area contributed by atoms with Gasteiger partial charge in [0, 0.05) is 17.1 Å². The molecule has 0 fully saturated rings. The van der Waals surface area contributed by atoms with Gasteiger partial charge >= 0.3 is 0 Å². The standard InChI is InChI=1S/C16H14N4O2/c1-10-16(22-6-5-21)19-9-14(20-10)13-8-18-15-11(7-17)3-2-4-12(13)15/h2-4,8-9,18,21H,5-6H2,1H3. The number of ether oxygens (including phenoxy) is 1. The molecule has 0 amide bonds. The van der Waals surface area contributed by atoms with Gasteiger partial charge in [-0.3, -0.25) is 0 Å². The zero-order chi connectivity index (χ0) is 15.5. The number of para-hydroxylation sites is 1. The van der Waals surface area contributed by atoms with E-state index in [1.54, 1.807) is 19.2 Å². The van der Waals surface area contributed by atoms with Crippen LogP contribution in [0.1, 0.15) is 11.3 Å². The minimum absolute atomic E-state index is 0.0672. The van der Waals surface area contributed by atoms with Crippen LogP contribution in [0, 0.1) is 18.3 Å². The van der Waals surface area contributed by atoms with Gasteiger partial charge in [-0.2, -0.15) is 5.26 Å². The SMILES string of the molecule is Cc1nc(-c2c[nH]c3c(C#N)cccc23)cnc1OCCO. The summed E-state index contributed by atoms with van der Waals surface area (Å²) in [5.74, 6) is 0.412. The largest absolute Gasteiger partial charge is 0.474 e. The van der Waals surface area contributed by atoms with E-state index in [-0.39, 0.29) is 13.2 Å². The molecule has 0 spiro atoms. The maximum atomic E-state index is 9.14. The Morgan fingerprint density at radius 3 is 3.00 bits per heavy atom. The zero-order valence-electron chi connectivity index (χ0n) is 12.0. The first-order valence-corrected chi connectivity index (χ1v) is 6.82. The van der Waals surface area contributed by atoms with Gasteiger partial charge in [-0.25, -0.2) is 9.97 Å². The molecule has 22 heavy (non-hydrogen) atoms. The average Bonchev–Trinajstić information content (AvgIpc) is 2.97. The molecule has 0 bridgehead atoms. The second-order valence-corrected chi connectivity index (χ2v) is 4.76. The van der Waals surface area contributed by atoms with Crippen LogP contribution >= 0.6 is 0 Å². The van der Waals surface area contributed by atoms with Gasteiger partial charge in [-0.05, 0) is 13.0 Å². The third-order valence-electron chi connectivity index (χ3n) is 3.34. The second kappa shape index (κ2) is 5.84. The molecule has 0 aliphatic rings. The molecule has 0 aliphatic heterocycles. The third kappa shape index (κ3) is 2.38. The summed E-state index contributed by atoms with van der Waals surface area (Å²) >= 11 is 0. The highest BCUT2D eigenvalue weighted by Crippen LogP contribution is 2.29. The van der Waals surface area contributed by atoms with E-state index in [0.29, 0.717) is 22.8 Å². The Kier molecular flexibility index (Phi) is 3.73. The minimum atomic E-state index is -0.0672. The van der Waals surface area contributed by atoms with Crippen LogP contribution in [0.15, 0.2) is 30.6 Å². The third-order valence-corrected chi connectivity index (χ3v) is 3.34. The molecule has 2 N–H and O–H groups in total. The highest BCUT2D eigenvalue weighted by atomic mass is 16.5. The molecule has 0 saturated heterocycles. The number of benzene rings is 1. The number of nitriles is 1. The Morgan fingerprint density at radius 1 is 1.41 bits per heavy atom. The molecule has 3 aromatic rings. The van der Waals surface area contributed by atoms with E-state index < -0.39 is 0 Å². The molecule has 110 valence electrons. The fraction of sp³-hybridized carbons (Fsp3) is 0.188. The summed E-state index contributed by atoms with van der Waals surface area (Å²) in [6.07, 6.45) is 3.45. The van der Waals surface area contributed by atoms with Crippen molar-refractivity contribution in [2.45, 2.75) is 6.92 Å². The van der Waals surface area contributed by atoms with Gasteiger partial charge in [-0.1, -0.05) is 12.1 Å². The summed E-state index contributed by atoms with van der Waals surface area (Å²) in [6, 6.07) is 7.72. The van der Waals surface area contributed by atoms with E-state index in [9.17, 15) is 0 Å². The smallest absolute Gasteiger partial charge is 0.235 e. The fourth-order valence-corrected chi connectivity index (χ4v) is 2.34. The number of rotatable bonds is 4. The van der Waals surface area contributed by atoms with Gasteiger partial charge in [0.1, 0.15) is 18.4 Å². The molecule has 0 saturated carbocycles. The predicted molar refractivity (Wildman–Crippen MR) is 81.4 cm³/mol. The molecular weight excluding hydrogens is 280 g/mol. The molecule has 0 aliphatic carbocycles. The van der Waals surface area contributed by atoms with Crippen molar-refractivity contribution < 1.29 is 9.84 Å². The molecule has 1 aromatic carbocycles. The van der Waals surface area contributed by atoms with Gasteiger partial charge in [0.2, 0.25) is 5.88 Å². The van der Waals surface area contributed by atoms with Crippen molar-refractivity contribution in [3.05, 3.63) is 41.9 Å². The Balaban J connectivity index is 2.05. The van der Waals surface area contributed by atoms with Crippen molar-refractivity contribution in [3.8, 4) is 23.2 Å². The number of aryl methyl sites for hydroxylation is 1.